The molecule has 2 aromatic heterocycles. The van der Waals surface area contributed by atoms with Crippen LogP contribution in [0.4, 0.5) is 5.69 Å². The van der Waals surface area contributed by atoms with Gasteiger partial charge in [0.15, 0.2) is 0 Å². The Balaban J connectivity index is 1.76. The molecule has 10 heteroatoms. The number of aromatic nitrogens is 3. The van der Waals surface area contributed by atoms with Crippen molar-refractivity contribution in [3.63, 3.8) is 0 Å². The van der Waals surface area contributed by atoms with Gasteiger partial charge in [-0.25, -0.2) is 9.97 Å². The van der Waals surface area contributed by atoms with Crippen LogP contribution in [-0.2, 0) is 5.41 Å². The van der Waals surface area contributed by atoms with Crippen LogP contribution in [0.25, 0.3) is 10.9 Å². The Hall–Kier alpha value is -3.92. The first-order valence-electron chi connectivity index (χ1n) is 10.3. The third-order valence-electron chi connectivity index (χ3n) is 4.86. The fourth-order valence-electron chi connectivity index (χ4n) is 3.19. The lowest BCUT2D eigenvalue weighted by molar-refractivity contribution is -0.385. The number of rotatable bonds is 5. The van der Waals surface area contributed by atoms with Gasteiger partial charge < -0.3 is 4.74 Å². The van der Waals surface area contributed by atoms with Crippen molar-refractivity contribution in [3.8, 4) is 11.6 Å². The van der Waals surface area contributed by atoms with E-state index in [1.54, 1.807) is 36.4 Å². The van der Waals surface area contributed by atoms with Crippen LogP contribution < -0.4 is 10.3 Å². The zero-order valence-electron chi connectivity index (χ0n) is 18.6. The Morgan fingerprint density at radius 2 is 1.91 bits per heavy atom. The highest BCUT2D eigenvalue weighted by Gasteiger charge is 2.23. The van der Waals surface area contributed by atoms with Gasteiger partial charge in [0, 0.05) is 27.6 Å². The van der Waals surface area contributed by atoms with E-state index in [2.05, 4.69) is 26.0 Å². The minimum absolute atomic E-state index is 0.133. The summed E-state index contributed by atoms with van der Waals surface area (Å²) in [5.74, 6) is 1.13. The van der Waals surface area contributed by atoms with Gasteiger partial charge in [0.25, 0.3) is 11.2 Å². The maximum atomic E-state index is 13.3. The molecule has 0 saturated heterocycles. The molecule has 0 fully saturated rings. The molecular weight excluding hydrogens is 502 g/mol. The normalized spacial score (nSPS) is 11.8. The second-order valence-corrected chi connectivity index (χ2v) is 9.38. The molecule has 0 radical (unpaired) electrons. The minimum Gasteiger partial charge on any atom is -0.438 e. The van der Waals surface area contributed by atoms with E-state index in [9.17, 15) is 14.9 Å². The van der Waals surface area contributed by atoms with Crippen LogP contribution >= 0.6 is 15.9 Å². The molecule has 2 heterocycles. The number of benzene rings is 2. The fraction of sp³-hybridized carbons (Fsp3) is 0.167. The van der Waals surface area contributed by atoms with E-state index in [1.807, 2.05) is 26.8 Å². The molecule has 0 amide bonds. The molecule has 0 unspecified atom stereocenters. The van der Waals surface area contributed by atoms with E-state index >= 15 is 0 Å². The molecule has 34 heavy (non-hydrogen) atoms. The summed E-state index contributed by atoms with van der Waals surface area (Å²) in [5, 5.41) is 15.8. The average molecular weight is 522 g/mol. The zero-order chi connectivity index (χ0) is 24.5. The summed E-state index contributed by atoms with van der Waals surface area (Å²) in [5.41, 5.74) is 0.312. The highest BCUT2D eigenvalue weighted by Crippen LogP contribution is 2.25. The van der Waals surface area contributed by atoms with Gasteiger partial charge in [0.2, 0.25) is 5.88 Å². The molecule has 0 aliphatic heterocycles. The molecule has 0 N–H and O–H groups in total. The average Bonchev–Trinajstić information content (AvgIpc) is 2.79. The second-order valence-electron chi connectivity index (χ2n) is 8.46. The molecule has 9 nitrogen and oxygen atoms in total. The standard InChI is InChI=1S/C24H20BrN5O4/c1-24(2,3)23-28-19-10-8-16(25)12-18(19)22(31)29(23)27-13-15-6-4-5-7-20(15)34-21-11-9-17(14-26-21)30(32)33/h4-14H,1-3H3. The molecule has 0 aliphatic carbocycles. The fourth-order valence-corrected chi connectivity index (χ4v) is 3.56. The van der Waals surface area contributed by atoms with Gasteiger partial charge in [-0.15, -0.1) is 0 Å². The summed E-state index contributed by atoms with van der Waals surface area (Å²) >= 11 is 3.40. The minimum atomic E-state index is -0.530. The molecular formula is C24H20BrN5O4. The number of nitrogens with zero attached hydrogens (tertiary/aromatic N) is 5. The van der Waals surface area contributed by atoms with Crippen LogP contribution in [0.3, 0.4) is 0 Å². The quantitative estimate of drug-likeness (QED) is 0.196. The summed E-state index contributed by atoms with van der Waals surface area (Å²) in [6.45, 7) is 5.88. The van der Waals surface area contributed by atoms with Crippen molar-refractivity contribution < 1.29 is 9.66 Å². The van der Waals surface area contributed by atoms with E-state index < -0.39 is 10.3 Å². The van der Waals surface area contributed by atoms with Crippen molar-refractivity contribution in [3.05, 3.63) is 97.1 Å². The highest BCUT2D eigenvalue weighted by atomic mass is 79.9. The van der Waals surface area contributed by atoms with Gasteiger partial charge in [-0.2, -0.15) is 9.78 Å². The number of hydrogen-bond acceptors (Lipinski definition) is 7. The predicted molar refractivity (Wildman–Crippen MR) is 133 cm³/mol. The smallest absolute Gasteiger partial charge is 0.287 e. The van der Waals surface area contributed by atoms with Gasteiger partial charge in [-0.3, -0.25) is 14.9 Å². The number of halogens is 1. The maximum Gasteiger partial charge on any atom is 0.287 e. The Labute approximate surface area is 203 Å². The predicted octanol–water partition coefficient (Wildman–Crippen LogP) is 5.43. The van der Waals surface area contributed by atoms with Crippen molar-refractivity contribution >= 4 is 38.7 Å². The SMILES string of the molecule is CC(C)(C)c1nc2ccc(Br)cc2c(=O)n1N=Cc1ccccc1Oc1ccc([N+](=O)[O-])cn1. The van der Waals surface area contributed by atoms with Gasteiger partial charge in [0.05, 0.1) is 22.0 Å². The molecule has 0 spiro atoms. The van der Waals surface area contributed by atoms with Gasteiger partial charge in [-0.05, 0) is 30.3 Å². The first-order valence-corrected chi connectivity index (χ1v) is 11.1. The monoisotopic (exact) mass is 521 g/mol. The number of ether oxygens (including phenoxy) is 1. The summed E-state index contributed by atoms with van der Waals surface area (Å²) in [6.07, 6.45) is 2.64. The van der Waals surface area contributed by atoms with Crippen molar-refractivity contribution in [1.82, 2.24) is 14.6 Å². The molecule has 0 saturated carbocycles. The third kappa shape index (κ3) is 4.86. The third-order valence-corrected chi connectivity index (χ3v) is 5.35. The summed E-state index contributed by atoms with van der Waals surface area (Å²) in [4.78, 5) is 32.3. The molecule has 2 aromatic carbocycles. The number of nitro groups is 1. The molecule has 4 aromatic rings. The molecule has 0 bridgehead atoms. The van der Waals surface area contributed by atoms with E-state index in [4.69, 9.17) is 9.72 Å². The van der Waals surface area contributed by atoms with Crippen molar-refractivity contribution in [2.45, 2.75) is 26.2 Å². The van der Waals surface area contributed by atoms with Crippen LogP contribution in [0.5, 0.6) is 11.6 Å². The second kappa shape index (κ2) is 9.14. The maximum absolute atomic E-state index is 13.3. The molecule has 0 aliphatic rings. The van der Waals surface area contributed by atoms with E-state index in [0.717, 1.165) is 10.7 Å². The van der Waals surface area contributed by atoms with Crippen LogP contribution in [0.2, 0.25) is 0 Å². The van der Waals surface area contributed by atoms with Gasteiger partial charge >= 0.3 is 0 Å². The van der Waals surface area contributed by atoms with Crippen LogP contribution in [-0.4, -0.2) is 25.8 Å². The summed E-state index contributed by atoms with van der Waals surface area (Å²) < 4.78 is 7.88. The van der Waals surface area contributed by atoms with Crippen molar-refractivity contribution in [2.24, 2.45) is 5.10 Å². The molecule has 4 rings (SSSR count). The largest absolute Gasteiger partial charge is 0.438 e. The van der Waals surface area contributed by atoms with Crippen LogP contribution in [0.1, 0.15) is 32.2 Å². The molecule has 0 atom stereocenters. The Morgan fingerprint density at radius 3 is 2.59 bits per heavy atom. The number of pyridine rings is 1. The van der Waals surface area contributed by atoms with E-state index in [-0.39, 0.29) is 17.1 Å². The Bertz CT molecular complexity index is 1470. The van der Waals surface area contributed by atoms with Crippen LogP contribution in [0, 0.1) is 10.1 Å². The molecule has 172 valence electrons. The lowest BCUT2D eigenvalue weighted by atomic mass is 9.95. The zero-order valence-corrected chi connectivity index (χ0v) is 20.2. The lowest BCUT2D eigenvalue weighted by Gasteiger charge is -2.21. The highest BCUT2D eigenvalue weighted by molar-refractivity contribution is 9.10. The Morgan fingerprint density at radius 1 is 1.15 bits per heavy atom. The lowest BCUT2D eigenvalue weighted by Crippen LogP contribution is -2.29. The van der Waals surface area contributed by atoms with Crippen LogP contribution in [0.15, 0.2) is 75.2 Å². The first kappa shape index (κ1) is 23.2. The van der Waals surface area contributed by atoms with Crippen molar-refractivity contribution in [2.75, 3.05) is 0 Å². The Kier molecular flexibility index (Phi) is 6.25. The number of para-hydroxylation sites is 1. The van der Waals surface area contributed by atoms with Gasteiger partial charge in [0.1, 0.15) is 17.8 Å². The summed E-state index contributed by atoms with van der Waals surface area (Å²) in [6, 6.07) is 15.2. The van der Waals surface area contributed by atoms with Crippen molar-refractivity contribution in [1.29, 1.82) is 0 Å². The number of fused-ring (bicyclic) bond motifs is 1. The first-order chi connectivity index (χ1) is 16.1. The van der Waals surface area contributed by atoms with E-state index in [1.165, 1.54) is 23.0 Å². The topological polar surface area (TPSA) is 113 Å². The number of hydrogen-bond donors (Lipinski definition) is 0. The van der Waals surface area contributed by atoms with Gasteiger partial charge in [-0.1, -0.05) is 48.8 Å². The summed E-state index contributed by atoms with van der Waals surface area (Å²) in [7, 11) is 0. The van der Waals surface area contributed by atoms with E-state index in [0.29, 0.717) is 28.0 Å².